The molecule has 15 nitrogen and oxygen atoms in total. The number of aromatic nitrogens is 4. The van der Waals surface area contributed by atoms with Crippen molar-refractivity contribution in [2.75, 3.05) is 30.4 Å². The third-order valence-corrected chi connectivity index (χ3v) is 8.62. The molecule has 7 rings (SSSR count). The molecule has 1 aliphatic heterocycles. The monoisotopic (exact) mass is 648 g/mol. The van der Waals surface area contributed by atoms with Crippen molar-refractivity contribution in [3.8, 4) is 11.4 Å². The van der Waals surface area contributed by atoms with Crippen LogP contribution in [0.25, 0.3) is 11.4 Å². The van der Waals surface area contributed by atoms with E-state index in [-0.39, 0.29) is 54.2 Å². The fourth-order valence-corrected chi connectivity index (χ4v) is 6.29. The number of rotatable bonds is 8. The number of carbonyl (C=O) groups excluding carboxylic acids is 3. The summed E-state index contributed by atoms with van der Waals surface area (Å²) >= 11 is 0. The molecule has 1 aliphatic carbocycles. The van der Waals surface area contributed by atoms with Crippen LogP contribution < -0.4 is 37.0 Å². The molecule has 2 aliphatic rings. The van der Waals surface area contributed by atoms with Gasteiger partial charge < -0.3 is 20.4 Å². The summed E-state index contributed by atoms with van der Waals surface area (Å²) in [6.45, 7) is 0.353. The van der Waals surface area contributed by atoms with E-state index in [0.29, 0.717) is 40.9 Å². The molecular weight excluding hydrogens is 620 g/mol. The van der Waals surface area contributed by atoms with Crippen LogP contribution in [0.5, 0.6) is 0 Å². The van der Waals surface area contributed by atoms with Crippen molar-refractivity contribution >= 4 is 29.0 Å². The van der Waals surface area contributed by atoms with Crippen LogP contribution in [-0.2, 0) is 19.5 Å². The second-order valence-corrected chi connectivity index (χ2v) is 11.9. The predicted molar refractivity (Wildman–Crippen MR) is 172 cm³/mol. The molecule has 0 saturated carbocycles. The number of anilines is 2. The number of hydrogen-bond donors (Lipinski definition) is 3. The van der Waals surface area contributed by atoms with E-state index in [4.69, 9.17) is 0 Å². The van der Waals surface area contributed by atoms with Crippen molar-refractivity contribution in [1.29, 1.82) is 0 Å². The molecule has 0 radical (unpaired) electrons. The topological polar surface area (TPSA) is 201 Å². The first-order valence-electron chi connectivity index (χ1n) is 15.1. The fraction of sp³-hybridized carbons (Fsp3) is 0.242. The number of Topliss-reactive ketones (excluding diaryl/α,β-unsaturated/α-hetero) is 1. The second kappa shape index (κ2) is 11.8. The Morgan fingerprint density at radius 2 is 1.75 bits per heavy atom. The lowest BCUT2D eigenvalue weighted by Gasteiger charge is -2.33. The van der Waals surface area contributed by atoms with Gasteiger partial charge in [0.1, 0.15) is 29.1 Å². The zero-order valence-electron chi connectivity index (χ0n) is 25.8. The van der Waals surface area contributed by atoms with Gasteiger partial charge in [0.05, 0.1) is 12.6 Å². The van der Waals surface area contributed by atoms with Crippen molar-refractivity contribution in [3.05, 3.63) is 119 Å². The number of benzene rings is 2. The molecule has 15 heteroatoms. The summed E-state index contributed by atoms with van der Waals surface area (Å²) in [4.78, 5) is 88.6. The molecule has 0 unspecified atom stereocenters. The SMILES string of the molecule is CN(C)c1c(N2CC(=O)c3ccc(CNC(=O)c4cc(C(=O)N[C@H]5CCc6cc(-c7noc(=O)[nH]7)ccc65)ncn4)cc3C2)c(=O)c1=O. The van der Waals surface area contributed by atoms with Gasteiger partial charge in [-0.2, -0.15) is 0 Å². The zero-order chi connectivity index (χ0) is 33.7. The Labute approximate surface area is 271 Å². The summed E-state index contributed by atoms with van der Waals surface area (Å²) in [5, 5.41) is 9.48. The molecule has 3 aromatic carbocycles. The minimum atomic E-state index is -0.641. The number of aromatic amines is 1. The number of nitrogens with zero attached hydrogens (tertiary/aromatic N) is 5. The number of aryl methyl sites for hydroxylation is 1. The van der Waals surface area contributed by atoms with E-state index in [1.807, 2.05) is 12.1 Å². The largest absolute Gasteiger partial charge is 0.439 e. The smallest absolute Gasteiger partial charge is 0.373 e. The molecule has 2 aromatic heterocycles. The highest BCUT2D eigenvalue weighted by Crippen LogP contribution is 2.34. The van der Waals surface area contributed by atoms with Crippen LogP contribution in [0.1, 0.15) is 66.1 Å². The Morgan fingerprint density at radius 1 is 0.958 bits per heavy atom. The average molecular weight is 649 g/mol. The molecule has 0 fully saturated rings. The summed E-state index contributed by atoms with van der Waals surface area (Å²) in [6.07, 6.45) is 2.51. The molecule has 2 amide bonds. The molecule has 0 spiro atoms. The number of hydrogen-bond acceptors (Lipinski definition) is 12. The maximum Gasteiger partial charge on any atom is 0.439 e. The summed E-state index contributed by atoms with van der Waals surface area (Å²) in [5.74, 6) is -1.47. The molecule has 242 valence electrons. The van der Waals surface area contributed by atoms with Crippen LogP contribution in [0.3, 0.4) is 0 Å². The van der Waals surface area contributed by atoms with Crippen LogP contribution >= 0.6 is 0 Å². The van der Waals surface area contributed by atoms with Crippen molar-refractivity contribution in [1.82, 2.24) is 30.7 Å². The van der Waals surface area contributed by atoms with Crippen LogP contribution in [0.15, 0.2) is 67.7 Å². The third kappa shape index (κ3) is 5.44. The van der Waals surface area contributed by atoms with Gasteiger partial charge in [0, 0.05) is 44.4 Å². The summed E-state index contributed by atoms with van der Waals surface area (Å²) < 4.78 is 4.59. The van der Waals surface area contributed by atoms with Gasteiger partial charge in [0.15, 0.2) is 11.6 Å². The summed E-state index contributed by atoms with van der Waals surface area (Å²) in [6, 6.07) is 11.8. The van der Waals surface area contributed by atoms with E-state index in [1.54, 1.807) is 48.2 Å². The van der Waals surface area contributed by atoms with Crippen LogP contribution in [0.2, 0.25) is 0 Å². The van der Waals surface area contributed by atoms with Crippen LogP contribution in [0, 0.1) is 0 Å². The third-order valence-electron chi connectivity index (χ3n) is 8.62. The molecule has 3 heterocycles. The zero-order valence-corrected chi connectivity index (χ0v) is 25.8. The lowest BCUT2D eigenvalue weighted by molar-refractivity contribution is 0.0930. The van der Waals surface area contributed by atoms with E-state index in [0.717, 1.165) is 17.5 Å². The van der Waals surface area contributed by atoms with Gasteiger partial charge in [-0.1, -0.05) is 35.5 Å². The number of ketones is 1. The average Bonchev–Trinajstić information content (AvgIpc) is 3.70. The van der Waals surface area contributed by atoms with Gasteiger partial charge in [0.25, 0.3) is 22.7 Å². The maximum absolute atomic E-state index is 13.1. The van der Waals surface area contributed by atoms with Gasteiger partial charge in [-0.3, -0.25) is 33.5 Å². The quantitative estimate of drug-likeness (QED) is 0.202. The van der Waals surface area contributed by atoms with Crippen molar-refractivity contribution in [2.45, 2.75) is 32.0 Å². The van der Waals surface area contributed by atoms with E-state index < -0.39 is 28.4 Å². The van der Waals surface area contributed by atoms with Gasteiger partial charge in [-0.05, 0) is 41.2 Å². The minimum Gasteiger partial charge on any atom is -0.373 e. The number of fused-ring (bicyclic) bond motifs is 2. The Kier molecular flexibility index (Phi) is 7.50. The fourth-order valence-electron chi connectivity index (χ4n) is 6.29. The van der Waals surface area contributed by atoms with E-state index in [1.165, 1.54) is 6.07 Å². The summed E-state index contributed by atoms with van der Waals surface area (Å²) in [5.41, 5.74) is 3.91. The minimum absolute atomic E-state index is 0.00356. The van der Waals surface area contributed by atoms with Gasteiger partial charge in [-0.25, -0.2) is 14.8 Å². The highest BCUT2D eigenvalue weighted by Gasteiger charge is 2.32. The lowest BCUT2D eigenvalue weighted by Crippen LogP contribution is -2.47. The summed E-state index contributed by atoms with van der Waals surface area (Å²) in [7, 11) is 3.34. The standard InChI is InChI=1S/C33H28N8O7/c1-40(2)26-27(29(44)28(26)43)41-13-19-9-16(3-6-21(19)25(42)14-41)12-34-31(45)23-11-24(36-15-35-23)32(46)37-22-8-5-17-10-18(4-7-20(17)22)30-38-33(47)48-39-30/h3-4,6-7,9-11,15,22H,5,8,12-14H2,1-2H3,(H,34,45)(H,37,46)(H,38,39,47)/t22-/m0/s1. The highest BCUT2D eigenvalue weighted by molar-refractivity contribution is 6.03. The van der Waals surface area contributed by atoms with Crippen LogP contribution in [-0.4, -0.2) is 58.3 Å². The van der Waals surface area contributed by atoms with Crippen molar-refractivity contribution in [2.24, 2.45) is 0 Å². The van der Waals surface area contributed by atoms with Crippen molar-refractivity contribution < 1.29 is 18.9 Å². The van der Waals surface area contributed by atoms with Gasteiger partial charge >= 0.3 is 5.76 Å². The van der Waals surface area contributed by atoms with Crippen molar-refractivity contribution in [3.63, 3.8) is 0 Å². The maximum atomic E-state index is 13.1. The Hall–Kier alpha value is -6.25. The van der Waals surface area contributed by atoms with E-state index >= 15 is 0 Å². The predicted octanol–water partition coefficient (Wildman–Crippen LogP) is 1.03. The number of carbonyl (C=O) groups is 3. The first kappa shape index (κ1) is 30.4. The lowest BCUT2D eigenvalue weighted by atomic mass is 9.95. The molecule has 1 atom stereocenters. The second-order valence-electron chi connectivity index (χ2n) is 11.9. The van der Waals surface area contributed by atoms with E-state index in [2.05, 4.69) is 35.3 Å². The molecule has 3 N–H and O–H groups in total. The molecule has 5 aromatic rings. The highest BCUT2D eigenvalue weighted by atomic mass is 16.5. The Balaban J connectivity index is 0.998. The molecular formula is C33H28N8O7. The normalized spacial score (nSPS) is 15.2. The number of nitrogens with one attached hydrogen (secondary N) is 3. The van der Waals surface area contributed by atoms with Gasteiger partial charge in [-0.15, -0.1) is 0 Å². The Morgan fingerprint density at radius 3 is 2.50 bits per heavy atom. The molecule has 48 heavy (non-hydrogen) atoms. The molecule has 0 bridgehead atoms. The first-order valence-corrected chi connectivity index (χ1v) is 15.1. The first-order chi connectivity index (χ1) is 23.1. The Bertz CT molecular complexity index is 2260. The van der Waals surface area contributed by atoms with Crippen LogP contribution in [0.4, 0.5) is 11.4 Å². The van der Waals surface area contributed by atoms with Gasteiger partial charge in [0.2, 0.25) is 0 Å². The molecule has 0 saturated heterocycles. The number of amides is 2. The van der Waals surface area contributed by atoms with E-state index in [9.17, 15) is 28.8 Å². The number of H-pyrrole nitrogens is 1.